The predicted molar refractivity (Wildman–Crippen MR) is 113 cm³/mol. The van der Waals surface area contributed by atoms with E-state index in [1.807, 2.05) is 37.3 Å². The molecule has 0 saturated heterocycles. The van der Waals surface area contributed by atoms with Crippen LogP contribution in [0, 0.1) is 6.92 Å². The third kappa shape index (κ3) is 4.04. The molecule has 146 valence electrons. The Morgan fingerprint density at radius 2 is 1.55 bits per heavy atom. The summed E-state index contributed by atoms with van der Waals surface area (Å²) in [6.45, 7) is 1.90. The van der Waals surface area contributed by atoms with Gasteiger partial charge in [0.2, 0.25) is 26.6 Å². The number of aromatic nitrogens is 1. The highest BCUT2D eigenvalue weighted by atomic mass is 35.5. The zero-order valence-corrected chi connectivity index (χ0v) is 17.0. The van der Waals surface area contributed by atoms with Gasteiger partial charge in [0.25, 0.3) is 0 Å². The lowest BCUT2D eigenvalue weighted by molar-refractivity contribution is 0.582. The molecule has 7 heteroatoms. The van der Waals surface area contributed by atoms with Crippen molar-refractivity contribution in [2.45, 2.75) is 16.8 Å². The van der Waals surface area contributed by atoms with Gasteiger partial charge in [-0.3, -0.25) is 0 Å². The number of para-hydroxylation sites is 1. The largest absolute Gasteiger partial charge is 0.419 e. The fraction of sp³-hybridized carbons (Fsp3) is 0.0455. The number of halogens is 1. The average Bonchev–Trinajstić information content (AvgIpc) is 3.14. The SMILES string of the molecule is Cc1ccc(S(=O)(=O)c2nc(-c3ccc(Cl)cc3)oc2Nc2ccccc2)cc1. The van der Waals surface area contributed by atoms with Gasteiger partial charge in [0.15, 0.2) is 0 Å². The molecule has 0 aliphatic carbocycles. The Balaban J connectivity index is 1.84. The number of anilines is 2. The number of rotatable bonds is 5. The lowest BCUT2D eigenvalue weighted by Gasteiger charge is -2.06. The van der Waals surface area contributed by atoms with Gasteiger partial charge in [-0.25, -0.2) is 8.42 Å². The van der Waals surface area contributed by atoms with Crippen molar-refractivity contribution >= 4 is 33.0 Å². The third-order valence-corrected chi connectivity index (χ3v) is 6.24. The molecule has 5 nitrogen and oxygen atoms in total. The molecular formula is C22H17ClN2O3S. The first-order valence-electron chi connectivity index (χ1n) is 8.84. The molecule has 1 N–H and O–H groups in total. The van der Waals surface area contributed by atoms with Gasteiger partial charge in [0.1, 0.15) is 0 Å². The van der Waals surface area contributed by atoms with Crippen LogP contribution in [0.2, 0.25) is 5.02 Å². The van der Waals surface area contributed by atoms with Crippen molar-refractivity contribution in [3.63, 3.8) is 0 Å². The molecular weight excluding hydrogens is 408 g/mol. The van der Waals surface area contributed by atoms with E-state index < -0.39 is 9.84 Å². The Labute approximate surface area is 173 Å². The van der Waals surface area contributed by atoms with Crippen LogP contribution in [0.25, 0.3) is 11.5 Å². The minimum Gasteiger partial charge on any atom is -0.419 e. The molecule has 0 aliphatic heterocycles. The van der Waals surface area contributed by atoms with Crippen molar-refractivity contribution in [3.05, 3.63) is 89.4 Å². The molecule has 0 aliphatic rings. The van der Waals surface area contributed by atoms with Crippen molar-refractivity contribution in [3.8, 4) is 11.5 Å². The normalized spacial score (nSPS) is 11.4. The first-order valence-corrected chi connectivity index (χ1v) is 10.7. The van der Waals surface area contributed by atoms with Crippen molar-refractivity contribution in [1.29, 1.82) is 0 Å². The second kappa shape index (κ2) is 7.73. The van der Waals surface area contributed by atoms with Crippen molar-refractivity contribution in [2.24, 2.45) is 0 Å². The molecule has 1 aromatic heterocycles. The Morgan fingerprint density at radius 1 is 0.897 bits per heavy atom. The third-order valence-electron chi connectivity index (χ3n) is 4.30. The lowest BCUT2D eigenvalue weighted by atomic mass is 10.2. The Kier molecular flexibility index (Phi) is 5.13. The Morgan fingerprint density at radius 3 is 2.21 bits per heavy atom. The molecule has 0 saturated carbocycles. The van der Waals surface area contributed by atoms with Crippen LogP contribution in [0.1, 0.15) is 5.56 Å². The minimum absolute atomic E-state index is 0.0572. The quantitative estimate of drug-likeness (QED) is 0.433. The summed E-state index contributed by atoms with van der Waals surface area (Å²) in [5, 5.41) is 3.42. The van der Waals surface area contributed by atoms with Crippen LogP contribution in [0.4, 0.5) is 11.6 Å². The van der Waals surface area contributed by atoms with Gasteiger partial charge in [-0.2, -0.15) is 4.98 Å². The van der Waals surface area contributed by atoms with E-state index in [0.29, 0.717) is 16.3 Å². The fourth-order valence-electron chi connectivity index (χ4n) is 2.76. The Hall–Kier alpha value is -3.09. The van der Waals surface area contributed by atoms with E-state index in [1.165, 1.54) is 0 Å². The smallest absolute Gasteiger partial charge is 0.238 e. The van der Waals surface area contributed by atoms with E-state index in [2.05, 4.69) is 10.3 Å². The number of hydrogen-bond acceptors (Lipinski definition) is 5. The number of nitrogens with zero attached hydrogens (tertiary/aromatic N) is 1. The maximum absolute atomic E-state index is 13.3. The number of aryl methyl sites for hydroxylation is 1. The lowest BCUT2D eigenvalue weighted by Crippen LogP contribution is -2.05. The van der Waals surface area contributed by atoms with E-state index in [9.17, 15) is 8.42 Å². The highest BCUT2D eigenvalue weighted by Crippen LogP contribution is 2.34. The summed E-state index contributed by atoms with van der Waals surface area (Å²) < 4.78 is 32.4. The standard InChI is InChI=1S/C22H17ClN2O3S/c1-15-7-13-19(14-8-15)29(26,27)22-21(24-18-5-3-2-4-6-18)28-20(25-22)16-9-11-17(23)12-10-16/h2-14,24H,1H3. The summed E-state index contributed by atoms with van der Waals surface area (Å²) in [7, 11) is -3.90. The van der Waals surface area contributed by atoms with Gasteiger partial charge in [0, 0.05) is 16.3 Å². The molecule has 0 atom stereocenters. The second-order valence-corrected chi connectivity index (χ2v) is 8.77. The van der Waals surface area contributed by atoms with Crippen LogP contribution in [0.3, 0.4) is 0 Å². The first kappa shape index (κ1) is 19.2. The molecule has 4 rings (SSSR count). The van der Waals surface area contributed by atoms with Gasteiger partial charge in [-0.1, -0.05) is 47.5 Å². The van der Waals surface area contributed by atoms with Crippen LogP contribution < -0.4 is 5.32 Å². The van der Waals surface area contributed by atoms with Crippen LogP contribution in [-0.4, -0.2) is 13.4 Å². The summed E-state index contributed by atoms with van der Waals surface area (Å²) in [6, 6.07) is 22.6. The van der Waals surface area contributed by atoms with Gasteiger partial charge in [-0.05, 0) is 55.5 Å². The average molecular weight is 425 g/mol. The highest BCUT2D eigenvalue weighted by Gasteiger charge is 2.28. The van der Waals surface area contributed by atoms with E-state index in [1.54, 1.807) is 48.5 Å². The minimum atomic E-state index is -3.90. The van der Waals surface area contributed by atoms with Crippen molar-refractivity contribution < 1.29 is 12.8 Å². The van der Waals surface area contributed by atoms with Crippen LogP contribution in [-0.2, 0) is 9.84 Å². The van der Waals surface area contributed by atoms with Crippen molar-refractivity contribution in [2.75, 3.05) is 5.32 Å². The van der Waals surface area contributed by atoms with E-state index >= 15 is 0 Å². The number of hydrogen-bond donors (Lipinski definition) is 1. The molecule has 4 aromatic rings. The van der Waals surface area contributed by atoms with Crippen LogP contribution in [0.5, 0.6) is 0 Å². The number of nitrogens with one attached hydrogen (secondary N) is 1. The number of benzene rings is 3. The molecule has 29 heavy (non-hydrogen) atoms. The predicted octanol–water partition coefficient (Wildman–Crippen LogP) is 5.88. The van der Waals surface area contributed by atoms with Gasteiger partial charge in [-0.15, -0.1) is 0 Å². The van der Waals surface area contributed by atoms with Crippen molar-refractivity contribution in [1.82, 2.24) is 4.98 Å². The monoisotopic (exact) mass is 424 g/mol. The summed E-state index contributed by atoms with van der Waals surface area (Å²) in [6.07, 6.45) is 0. The molecule has 0 radical (unpaired) electrons. The Bertz CT molecular complexity index is 1230. The molecule has 0 amide bonds. The molecule has 1 heterocycles. The topological polar surface area (TPSA) is 72.2 Å². The van der Waals surface area contributed by atoms with Crippen LogP contribution >= 0.6 is 11.6 Å². The van der Waals surface area contributed by atoms with Gasteiger partial charge >= 0.3 is 0 Å². The number of oxazole rings is 1. The van der Waals surface area contributed by atoms with E-state index in [-0.39, 0.29) is 21.7 Å². The van der Waals surface area contributed by atoms with Gasteiger partial charge in [0.05, 0.1) is 4.90 Å². The van der Waals surface area contributed by atoms with E-state index in [4.69, 9.17) is 16.0 Å². The molecule has 0 fully saturated rings. The number of sulfone groups is 1. The first-order chi connectivity index (χ1) is 13.9. The molecule has 0 bridgehead atoms. The van der Waals surface area contributed by atoms with Crippen LogP contribution in [0.15, 0.2) is 93.2 Å². The van der Waals surface area contributed by atoms with E-state index in [0.717, 1.165) is 5.56 Å². The summed E-state index contributed by atoms with van der Waals surface area (Å²) >= 11 is 5.95. The fourth-order valence-corrected chi connectivity index (χ4v) is 4.15. The maximum atomic E-state index is 13.3. The molecule has 0 unspecified atom stereocenters. The summed E-state index contributed by atoms with van der Waals surface area (Å²) in [4.78, 5) is 4.46. The summed E-state index contributed by atoms with van der Waals surface area (Å²) in [5.41, 5.74) is 2.27. The molecule has 0 spiro atoms. The zero-order valence-electron chi connectivity index (χ0n) is 15.5. The zero-order chi connectivity index (χ0) is 20.4. The highest BCUT2D eigenvalue weighted by molar-refractivity contribution is 7.91. The molecule has 3 aromatic carbocycles. The summed E-state index contributed by atoms with van der Waals surface area (Å²) in [5.74, 6) is 0.243. The second-order valence-electron chi connectivity index (χ2n) is 6.47. The van der Waals surface area contributed by atoms with Gasteiger partial charge < -0.3 is 9.73 Å². The maximum Gasteiger partial charge on any atom is 0.238 e.